The molecule has 0 atom stereocenters. The lowest BCUT2D eigenvalue weighted by atomic mass is 10.0. The fourth-order valence-corrected chi connectivity index (χ4v) is 4.29. The molecule has 0 bridgehead atoms. The minimum absolute atomic E-state index is 1.16. The van der Waals surface area contributed by atoms with Crippen LogP contribution in [0.4, 0.5) is 17.1 Å². The highest BCUT2D eigenvalue weighted by atomic mass is 15.2. The maximum Gasteiger partial charge on any atom is 0.0634 e. The number of hydrogen-bond donors (Lipinski definition) is 1. The number of aromatic nitrogens is 1. The molecular formula is C26H18N2. The zero-order valence-corrected chi connectivity index (χ0v) is 15.3. The third-order valence-corrected chi connectivity index (χ3v) is 5.53. The molecule has 6 rings (SSSR count). The van der Waals surface area contributed by atoms with Crippen molar-refractivity contribution in [2.75, 3.05) is 4.90 Å². The molecule has 0 amide bonds. The molecule has 0 saturated carbocycles. The van der Waals surface area contributed by atoms with Crippen molar-refractivity contribution in [1.29, 1.82) is 0 Å². The van der Waals surface area contributed by atoms with E-state index in [1.807, 2.05) is 0 Å². The van der Waals surface area contributed by atoms with Crippen molar-refractivity contribution >= 4 is 51.0 Å². The first-order valence-corrected chi connectivity index (χ1v) is 9.56. The van der Waals surface area contributed by atoms with Crippen LogP contribution < -0.4 is 4.90 Å². The largest absolute Gasteiger partial charge is 0.354 e. The van der Waals surface area contributed by atoms with Crippen molar-refractivity contribution in [2.45, 2.75) is 0 Å². The summed E-state index contributed by atoms with van der Waals surface area (Å²) in [4.78, 5) is 5.99. The van der Waals surface area contributed by atoms with Gasteiger partial charge in [0, 0.05) is 27.5 Å². The number of benzene rings is 4. The Labute approximate surface area is 163 Å². The number of fused-ring (bicyclic) bond motifs is 6. The summed E-state index contributed by atoms with van der Waals surface area (Å²) in [5.41, 5.74) is 8.35. The Morgan fingerprint density at radius 1 is 0.571 bits per heavy atom. The molecule has 0 unspecified atom stereocenters. The molecule has 1 aromatic heterocycles. The number of rotatable bonds is 1. The molecule has 4 aromatic carbocycles. The van der Waals surface area contributed by atoms with Crippen LogP contribution in [0.1, 0.15) is 11.1 Å². The smallest absolute Gasteiger partial charge is 0.0634 e. The van der Waals surface area contributed by atoms with E-state index in [1.54, 1.807) is 0 Å². The number of H-pyrrole nitrogens is 1. The van der Waals surface area contributed by atoms with E-state index in [2.05, 4.69) is 113 Å². The molecule has 2 heterocycles. The van der Waals surface area contributed by atoms with Gasteiger partial charge in [0.15, 0.2) is 0 Å². The van der Waals surface area contributed by atoms with E-state index in [4.69, 9.17) is 0 Å². The first kappa shape index (κ1) is 15.3. The van der Waals surface area contributed by atoms with Crippen LogP contribution >= 0.6 is 0 Å². The van der Waals surface area contributed by atoms with Crippen molar-refractivity contribution < 1.29 is 0 Å². The first-order valence-electron chi connectivity index (χ1n) is 9.56. The lowest BCUT2D eigenvalue weighted by molar-refractivity contribution is 1.29. The second-order valence-corrected chi connectivity index (χ2v) is 7.16. The molecule has 0 saturated heterocycles. The molecule has 132 valence electrons. The van der Waals surface area contributed by atoms with Gasteiger partial charge < -0.3 is 9.88 Å². The van der Waals surface area contributed by atoms with Gasteiger partial charge in [-0.05, 0) is 41.5 Å². The maximum atomic E-state index is 3.59. The lowest BCUT2D eigenvalue weighted by Crippen LogP contribution is -2.12. The van der Waals surface area contributed by atoms with Crippen molar-refractivity contribution in [3.63, 3.8) is 0 Å². The molecule has 1 aliphatic rings. The Hall–Kier alpha value is -3.78. The van der Waals surface area contributed by atoms with Gasteiger partial charge >= 0.3 is 0 Å². The highest BCUT2D eigenvalue weighted by Gasteiger charge is 2.23. The summed E-state index contributed by atoms with van der Waals surface area (Å²) >= 11 is 0. The Kier molecular flexibility index (Phi) is 3.20. The molecule has 2 nitrogen and oxygen atoms in total. The predicted octanol–water partition coefficient (Wildman–Crippen LogP) is 7.27. The number of anilines is 3. The fourth-order valence-electron chi connectivity index (χ4n) is 4.29. The molecule has 0 spiro atoms. The zero-order chi connectivity index (χ0) is 18.5. The standard InChI is InChI=1S/C26H18N2/c1-2-9-20(10-3-1)28-24-13-7-4-8-18(24)14-15-19-16-17-23-25(26(19)28)21-11-5-6-12-22(21)27-23/h1-17,27H. The molecular weight excluding hydrogens is 340 g/mol. The molecule has 0 aliphatic carbocycles. The van der Waals surface area contributed by atoms with Gasteiger partial charge in [0.05, 0.1) is 11.4 Å². The van der Waals surface area contributed by atoms with Crippen LogP contribution in [-0.2, 0) is 0 Å². The maximum absolute atomic E-state index is 3.59. The van der Waals surface area contributed by atoms with Crippen molar-refractivity contribution in [2.24, 2.45) is 0 Å². The minimum Gasteiger partial charge on any atom is -0.354 e. The SMILES string of the molecule is C1=Cc2ccc3[nH]c4ccccc4c3c2N(c2ccccc2)c2ccccc21. The normalized spacial score (nSPS) is 12.8. The van der Waals surface area contributed by atoms with Crippen LogP contribution in [0.5, 0.6) is 0 Å². The van der Waals surface area contributed by atoms with Gasteiger partial charge in [-0.25, -0.2) is 0 Å². The van der Waals surface area contributed by atoms with E-state index in [1.165, 1.54) is 38.8 Å². The topological polar surface area (TPSA) is 19.0 Å². The average Bonchev–Trinajstić information content (AvgIpc) is 3.04. The van der Waals surface area contributed by atoms with Crippen LogP contribution in [0, 0.1) is 0 Å². The van der Waals surface area contributed by atoms with Crippen LogP contribution in [0.3, 0.4) is 0 Å². The number of hydrogen-bond acceptors (Lipinski definition) is 1. The van der Waals surface area contributed by atoms with E-state index in [9.17, 15) is 0 Å². The van der Waals surface area contributed by atoms with Crippen molar-refractivity contribution in [3.05, 3.63) is 102 Å². The van der Waals surface area contributed by atoms with Crippen molar-refractivity contribution in [1.82, 2.24) is 4.98 Å². The Morgan fingerprint density at radius 3 is 2.25 bits per heavy atom. The summed E-state index contributed by atoms with van der Waals surface area (Å²) in [6.07, 6.45) is 4.45. The van der Waals surface area contributed by atoms with E-state index in [0.29, 0.717) is 0 Å². The van der Waals surface area contributed by atoms with E-state index in [-0.39, 0.29) is 0 Å². The van der Waals surface area contributed by atoms with Gasteiger partial charge in [-0.15, -0.1) is 0 Å². The Morgan fingerprint density at radius 2 is 1.32 bits per heavy atom. The van der Waals surface area contributed by atoms with Gasteiger partial charge in [-0.3, -0.25) is 0 Å². The second kappa shape index (κ2) is 5.86. The van der Waals surface area contributed by atoms with E-state index in [0.717, 1.165) is 11.2 Å². The number of nitrogens with zero attached hydrogens (tertiary/aromatic N) is 1. The summed E-state index contributed by atoms with van der Waals surface area (Å²) in [5.74, 6) is 0. The average molecular weight is 358 g/mol. The van der Waals surface area contributed by atoms with Gasteiger partial charge in [-0.1, -0.05) is 72.8 Å². The molecule has 28 heavy (non-hydrogen) atoms. The summed E-state index contributed by atoms with van der Waals surface area (Å²) in [6.45, 7) is 0. The summed E-state index contributed by atoms with van der Waals surface area (Å²) < 4.78 is 0. The van der Waals surface area contributed by atoms with Crippen LogP contribution in [0.2, 0.25) is 0 Å². The number of para-hydroxylation sites is 3. The zero-order valence-electron chi connectivity index (χ0n) is 15.3. The molecule has 0 fully saturated rings. The lowest BCUT2D eigenvalue weighted by Gasteiger charge is -2.28. The van der Waals surface area contributed by atoms with Gasteiger partial charge in [0.1, 0.15) is 0 Å². The molecule has 1 N–H and O–H groups in total. The molecule has 5 aromatic rings. The Bertz CT molecular complexity index is 1360. The minimum atomic E-state index is 1.16. The number of aromatic amines is 1. The molecule has 2 heteroatoms. The summed E-state index contributed by atoms with van der Waals surface area (Å²) in [6, 6.07) is 32.2. The summed E-state index contributed by atoms with van der Waals surface area (Å²) in [7, 11) is 0. The Balaban J connectivity index is 1.80. The predicted molar refractivity (Wildman–Crippen MR) is 119 cm³/mol. The van der Waals surface area contributed by atoms with E-state index >= 15 is 0 Å². The highest BCUT2D eigenvalue weighted by Crippen LogP contribution is 2.47. The van der Waals surface area contributed by atoms with Gasteiger partial charge in [0.2, 0.25) is 0 Å². The third-order valence-electron chi connectivity index (χ3n) is 5.53. The quantitative estimate of drug-likeness (QED) is 0.327. The van der Waals surface area contributed by atoms with Gasteiger partial charge in [0.25, 0.3) is 0 Å². The molecule has 1 aliphatic heterocycles. The van der Waals surface area contributed by atoms with E-state index < -0.39 is 0 Å². The van der Waals surface area contributed by atoms with Crippen LogP contribution in [0.15, 0.2) is 91.0 Å². The van der Waals surface area contributed by atoms with Crippen molar-refractivity contribution in [3.8, 4) is 0 Å². The second-order valence-electron chi connectivity index (χ2n) is 7.16. The monoisotopic (exact) mass is 358 g/mol. The highest BCUT2D eigenvalue weighted by molar-refractivity contribution is 6.17. The van der Waals surface area contributed by atoms with Gasteiger partial charge in [-0.2, -0.15) is 0 Å². The fraction of sp³-hybridized carbons (Fsp3) is 0. The third kappa shape index (κ3) is 2.15. The molecule has 0 radical (unpaired) electrons. The number of nitrogens with one attached hydrogen (secondary N) is 1. The first-order chi connectivity index (χ1) is 13.9. The summed E-state index contributed by atoms with van der Waals surface area (Å²) in [5, 5.41) is 2.52. The van der Waals surface area contributed by atoms with Crippen LogP contribution in [0.25, 0.3) is 34.0 Å². The van der Waals surface area contributed by atoms with Crippen LogP contribution in [-0.4, -0.2) is 4.98 Å².